The van der Waals surface area contributed by atoms with Gasteiger partial charge in [-0.3, -0.25) is 4.79 Å². The summed E-state index contributed by atoms with van der Waals surface area (Å²) >= 11 is 3.93. The Morgan fingerprint density at radius 3 is 2.50 bits per heavy atom. The molecule has 0 aromatic heterocycles. The second kappa shape index (κ2) is 7.64. The van der Waals surface area contributed by atoms with E-state index in [1.165, 1.54) is 14.0 Å². The molecule has 0 rings (SSSR count). The number of hydrogen-bond donors (Lipinski definition) is 2. The molecule has 0 spiro atoms. The lowest BCUT2D eigenvalue weighted by atomic mass is 10.3. The van der Waals surface area contributed by atoms with Crippen LogP contribution in [0, 0.1) is 0 Å². The monoisotopic (exact) mass is 221 g/mol. The molecule has 0 radical (unpaired) electrons. The number of nitrogens with one attached hydrogen (secondary N) is 1. The van der Waals surface area contributed by atoms with Crippen LogP contribution >= 0.6 is 12.6 Å². The van der Waals surface area contributed by atoms with Crippen LogP contribution in [0.1, 0.15) is 6.92 Å². The highest BCUT2D eigenvalue weighted by atomic mass is 32.1. The highest BCUT2D eigenvalue weighted by Crippen LogP contribution is 1.92. The van der Waals surface area contributed by atoms with Crippen molar-refractivity contribution in [2.75, 3.05) is 26.1 Å². The molecule has 0 bridgehead atoms. The molecule has 0 aromatic carbocycles. The fraction of sp³-hybridized carbons (Fsp3) is 0.750. The first-order chi connectivity index (χ1) is 6.61. The largest absolute Gasteiger partial charge is 0.462 e. The van der Waals surface area contributed by atoms with Crippen LogP contribution in [-0.4, -0.2) is 44.0 Å². The smallest absolute Gasteiger partial charge is 0.329 e. The molecule has 0 aromatic rings. The number of carbonyl (C=O) groups is 2. The van der Waals surface area contributed by atoms with E-state index in [2.05, 4.69) is 17.9 Å². The number of esters is 1. The fourth-order valence-corrected chi connectivity index (χ4v) is 0.991. The number of rotatable bonds is 6. The summed E-state index contributed by atoms with van der Waals surface area (Å²) in [6.45, 7) is 1.85. The lowest BCUT2D eigenvalue weighted by Crippen LogP contribution is -2.42. The lowest BCUT2D eigenvalue weighted by Gasteiger charge is -2.13. The van der Waals surface area contributed by atoms with Crippen molar-refractivity contribution in [3.8, 4) is 0 Å². The summed E-state index contributed by atoms with van der Waals surface area (Å²) in [6, 6.07) is -0.687. The van der Waals surface area contributed by atoms with Crippen molar-refractivity contribution >= 4 is 24.5 Å². The van der Waals surface area contributed by atoms with Gasteiger partial charge in [0.2, 0.25) is 5.91 Å². The van der Waals surface area contributed by atoms with Gasteiger partial charge in [-0.2, -0.15) is 12.6 Å². The van der Waals surface area contributed by atoms with E-state index in [-0.39, 0.29) is 18.3 Å². The molecular formula is C8H15NO4S. The van der Waals surface area contributed by atoms with Gasteiger partial charge in [0.25, 0.3) is 0 Å². The SMILES string of the molecule is COCCOC(=O)[C@H](CS)NC(C)=O. The molecule has 1 atom stereocenters. The molecule has 14 heavy (non-hydrogen) atoms. The molecule has 0 fully saturated rings. The zero-order valence-electron chi connectivity index (χ0n) is 8.28. The zero-order chi connectivity index (χ0) is 11.0. The molecule has 0 saturated carbocycles. The third-order valence-corrected chi connectivity index (χ3v) is 1.74. The van der Waals surface area contributed by atoms with Gasteiger partial charge in [-0.15, -0.1) is 0 Å². The van der Waals surface area contributed by atoms with Crippen LogP contribution in [0.5, 0.6) is 0 Å². The molecule has 0 saturated heterocycles. The van der Waals surface area contributed by atoms with Crippen LogP contribution < -0.4 is 5.32 Å². The van der Waals surface area contributed by atoms with Gasteiger partial charge in [-0.1, -0.05) is 0 Å². The van der Waals surface area contributed by atoms with Gasteiger partial charge in [0.05, 0.1) is 6.61 Å². The minimum atomic E-state index is -0.687. The van der Waals surface area contributed by atoms with Gasteiger partial charge in [0.15, 0.2) is 0 Å². The van der Waals surface area contributed by atoms with E-state index in [1.807, 2.05) is 0 Å². The zero-order valence-corrected chi connectivity index (χ0v) is 9.17. The molecular weight excluding hydrogens is 206 g/mol. The van der Waals surface area contributed by atoms with E-state index in [4.69, 9.17) is 9.47 Å². The van der Waals surface area contributed by atoms with Crippen molar-refractivity contribution in [1.29, 1.82) is 0 Å². The Balaban J connectivity index is 3.85. The lowest BCUT2D eigenvalue weighted by molar-refractivity contribution is -0.148. The summed E-state index contributed by atoms with van der Waals surface area (Å²) in [7, 11) is 1.51. The topological polar surface area (TPSA) is 64.6 Å². The van der Waals surface area contributed by atoms with Crippen LogP contribution in [-0.2, 0) is 19.1 Å². The number of hydrogen-bond acceptors (Lipinski definition) is 5. The summed E-state index contributed by atoms with van der Waals surface area (Å²) in [6.07, 6.45) is 0. The predicted octanol–water partition coefficient (Wildman–Crippen LogP) is -0.390. The van der Waals surface area contributed by atoms with Crippen molar-refractivity contribution < 1.29 is 19.1 Å². The van der Waals surface area contributed by atoms with Crippen LogP contribution in [0.15, 0.2) is 0 Å². The maximum atomic E-state index is 11.2. The molecule has 82 valence electrons. The Hall–Kier alpha value is -0.750. The molecule has 0 aliphatic heterocycles. The van der Waals surface area contributed by atoms with E-state index in [0.717, 1.165) is 0 Å². The summed E-state index contributed by atoms with van der Waals surface area (Å²) < 4.78 is 9.51. The first-order valence-electron chi connectivity index (χ1n) is 4.15. The average Bonchev–Trinajstić information content (AvgIpc) is 2.14. The molecule has 0 aliphatic carbocycles. The standard InChI is InChI=1S/C8H15NO4S/c1-6(10)9-7(5-14)8(11)13-4-3-12-2/h7,14H,3-5H2,1-2H3,(H,9,10)/t7-/m0/s1. The number of methoxy groups -OCH3 is 1. The van der Waals surface area contributed by atoms with Crippen molar-refractivity contribution in [3.05, 3.63) is 0 Å². The number of ether oxygens (including phenoxy) is 2. The summed E-state index contributed by atoms with van der Waals surface area (Å²) in [5.41, 5.74) is 0. The van der Waals surface area contributed by atoms with E-state index < -0.39 is 12.0 Å². The van der Waals surface area contributed by atoms with E-state index in [0.29, 0.717) is 6.61 Å². The molecule has 1 N–H and O–H groups in total. The second-order valence-electron chi connectivity index (χ2n) is 2.60. The molecule has 6 heteroatoms. The molecule has 5 nitrogen and oxygen atoms in total. The van der Waals surface area contributed by atoms with E-state index >= 15 is 0 Å². The van der Waals surface area contributed by atoms with Gasteiger partial charge in [0, 0.05) is 19.8 Å². The highest BCUT2D eigenvalue weighted by molar-refractivity contribution is 7.80. The normalized spacial score (nSPS) is 11.9. The Labute approximate surface area is 88.5 Å². The fourth-order valence-electron chi connectivity index (χ4n) is 0.751. The van der Waals surface area contributed by atoms with Gasteiger partial charge in [0.1, 0.15) is 12.6 Å². The average molecular weight is 221 g/mol. The van der Waals surface area contributed by atoms with Crippen LogP contribution in [0.2, 0.25) is 0 Å². The summed E-state index contributed by atoms with van der Waals surface area (Å²) in [5.74, 6) is -0.564. The number of amides is 1. The molecule has 1 amide bonds. The first kappa shape index (κ1) is 13.2. The third-order valence-electron chi connectivity index (χ3n) is 1.38. The maximum absolute atomic E-state index is 11.2. The minimum absolute atomic E-state index is 0.180. The van der Waals surface area contributed by atoms with Gasteiger partial charge in [-0.05, 0) is 0 Å². The van der Waals surface area contributed by atoms with Crippen LogP contribution in [0.25, 0.3) is 0 Å². The minimum Gasteiger partial charge on any atom is -0.462 e. The molecule has 0 heterocycles. The third kappa shape index (κ3) is 5.82. The van der Waals surface area contributed by atoms with Crippen molar-refractivity contribution in [2.24, 2.45) is 0 Å². The number of carbonyl (C=O) groups excluding carboxylic acids is 2. The highest BCUT2D eigenvalue weighted by Gasteiger charge is 2.18. The Bertz CT molecular complexity index is 198. The molecule has 0 aliphatic rings. The van der Waals surface area contributed by atoms with Gasteiger partial charge >= 0.3 is 5.97 Å². The van der Waals surface area contributed by atoms with Gasteiger partial charge in [-0.25, -0.2) is 4.79 Å². The summed E-state index contributed by atoms with van der Waals surface area (Å²) in [4.78, 5) is 21.9. The van der Waals surface area contributed by atoms with E-state index in [9.17, 15) is 9.59 Å². The van der Waals surface area contributed by atoms with Gasteiger partial charge < -0.3 is 14.8 Å². The van der Waals surface area contributed by atoms with Crippen molar-refractivity contribution in [2.45, 2.75) is 13.0 Å². The van der Waals surface area contributed by atoms with Crippen molar-refractivity contribution in [1.82, 2.24) is 5.32 Å². The Kier molecular flexibility index (Phi) is 7.23. The predicted molar refractivity (Wildman–Crippen MR) is 54.3 cm³/mol. The van der Waals surface area contributed by atoms with Crippen molar-refractivity contribution in [3.63, 3.8) is 0 Å². The second-order valence-corrected chi connectivity index (χ2v) is 2.96. The maximum Gasteiger partial charge on any atom is 0.329 e. The number of thiol groups is 1. The van der Waals surface area contributed by atoms with E-state index in [1.54, 1.807) is 0 Å². The quantitative estimate of drug-likeness (QED) is 0.364. The molecule has 0 unspecified atom stereocenters. The Morgan fingerprint density at radius 1 is 1.43 bits per heavy atom. The summed E-state index contributed by atoms with van der Waals surface area (Å²) in [5, 5.41) is 2.43. The first-order valence-corrected chi connectivity index (χ1v) is 4.78. The van der Waals surface area contributed by atoms with Crippen LogP contribution in [0.3, 0.4) is 0 Å². The van der Waals surface area contributed by atoms with Crippen LogP contribution in [0.4, 0.5) is 0 Å². The Morgan fingerprint density at radius 2 is 2.07 bits per heavy atom.